The van der Waals surface area contributed by atoms with Crippen LogP contribution in [0.3, 0.4) is 0 Å². The molecule has 0 radical (unpaired) electrons. The first kappa shape index (κ1) is 14.5. The molecule has 0 aliphatic rings. The largest absolute Gasteiger partial charge is 0.462 e. The number of rotatable bonds is 8. The monoisotopic (exact) mass is 214 g/mol. The molecule has 0 unspecified atom stereocenters. The van der Waals surface area contributed by atoms with Crippen LogP contribution in [0.1, 0.15) is 66.2 Å². The lowest BCUT2D eigenvalue weighted by Crippen LogP contribution is -2.19. The molecule has 0 N–H and O–H groups in total. The minimum atomic E-state index is -0.0102. The molecule has 2 nitrogen and oxygen atoms in total. The van der Waals surface area contributed by atoms with Gasteiger partial charge < -0.3 is 4.74 Å². The van der Waals surface area contributed by atoms with E-state index in [1.807, 2.05) is 0 Å². The van der Waals surface area contributed by atoms with Gasteiger partial charge in [0.1, 0.15) is 6.10 Å². The Morgan fingerprint density at radius 2 is 1.67 bits per heavy atom. The Hall–Kier alpha value is -0.530. The molecule has 0 aromatic heterocycles. The van der Waals surface area contributed by atoms with Gasteiger partial charge in [0.05, 0.1) is 0 Å². The predicted molar refractivity (Wildman–Crippen MR) is 63.8 cm³/mol. The minimum absolute atomic E-state index is 0.0102. The highest BCUT2D eigenvalue weighted by molar-refractivity contribution is 5.69. The zero-order chi connectivity index (χ0) is 11.7. The van der Waals surface area contributed by atoms with Gasteiger partial charge in [0, 0.05) is 6.42 Å². The fourth-order valence-corrected chi connectivity index (χ4v) is 1.72. The van der Waals surface area contributed by atoms with E-state index < -0.39 is 0 Å². The third kappa shape index (κ3) is 6.53. The molecule has 15 heavy (non-hydrogen) atoms. The zero-order valence-corrected chi connectivity index (χ0v) is 10.7. The van der Waals surface area contributed by atoms with Crippen LogP contribution in [0.2, 0.25) is 0 Å². The van der Waals surface area contributed by atoms with Crippen molar-refractivity contribution in [2.45, 2.75) is 72.3 Å². The van der Waals surface area contributed by atoms with E-state index in [0.29, 0.717) is 12.3 Å². The fraction of sp³-hybridized carbons (Fsp3) is 0.923. The third-order valence-corrected chi connectivity index (χ3v) is 2.97. The Kier molecular flexibility index (Phi) is 8.44. The van der Waals surface area contributed by atoms with Gasteiger partial charge in [0.2, 0.25) is 0 Å². The summed E-state index contributed by atoms with van der Waals surface area (Å²) in [7, 11) is 0. The molecular weight excluding hydrogens is 188 g/mol. The Labute approximate surface area is 94.4 Å². The summed E-state index contributed by atoms with van der Waals surface area (Å²) in [5, 5.41) is 0. The van der Waals surface area contributed by atoms with Gasteiger partial charge in [-0.05, 0) is 18.8 Å². The summed E-state index contributed by atoms with van der Waals surface area (Å²) >= 11 is 0. The number of hydrogen-bond donors (Lipinski definition) is 0. The van der Waals surface area contributed by atoms with E-state index in [4.69, 9.17) is 4.74 Å². The Morgan fingerprint density at radius 3 is 2.07 bits per heavy atom. The molecule has 0 fully saturated rings. The van der Waals surface area contributed by atoms with Crippen molar-refractivity contribution >= 4 is 5.97 Å². The lowest BCUT2D eigenvalue weighted by Gasteiger charge is -2.17. The first-order valence-corrected chi connectivity index (χ1v) is 6.37. The molecule has 0 amide bonds. The van der Waals surface area contributed by atoms with Crippen molar-refractivity contribution in [1.82, 2.24) is 0 Å². The van der Waals surface area contributed by atoms with Crippen LogP contribution in [0.5, 0.6) is 0 Å². The zero-order valence-electron chi connectivity index (χ0n) is 10.7. The van der Waals surface area contributed by atoms with E-state index in [0.717, 1.165) is 32.1 Å². The van der Waals surface area contributed by atoms with E-state index in [1.54, 1.807) is 0 Å². The van der Waals surface area contributed by atoms with Gasteiger partial charge in [0.25, 0.3) is 0 Å². The van der Waals surface area contributed by atoms with Crippen molar-refractivity contribution in [1.29, 1.82) is 0 Å². The molecule has 0 spiro atoms. The molecule has 0 aliphatic carbocycles. The van der Waals surface area contributed by atoms with Crippen molar-refractivity contribution in [3.05, 3.63) is 0 Å². The minimum Gasteiger partial charge on any atom is -0.462 e. The van der Waals surface area contributed by atoms with Gasteiger partial charge in [0.15, 0.2) is 0 Å². The second-order valence-corrected chi connectivity index (χ2v) is 4.20. The first-order chi connectivity index (χ1) is 7.17. The van der Waals surface area contributed by atoms with Crippen molar-refractivity contribution in [3.8, 4) is 0 Å². The van der Waals surface area contributed by atoms with Crippen LogP contribution in [-0.2, 0) is 9.53 Å². The van der Waals surface area contributed by atoms with E-state index in [9.17, 15) is 4.79 Å². The van der Waals surface area contributed by atoms with Gasteiger partial charge in [-0.1, -0.05) is 47.0 Å². The number of carbonyl (C=O) groups excluding carboxylic acids is 1. The summed E-state index contributed by atoms with van der Waals surface area (Å²) in [6.07, 6.45) is 5.86. The van der Waals surface area contributed by atoms with Gasteiger partial charge in [-0.3, -0.25) is 4.79 Å². The summed E-state index contributed by atoms with van der Waals surface area (Å²) in [5.74, 6) is 0.487. The lowest BCUT2D eigenvalue weighted by atomic mass is 10.00. The molecule has 0 saturated carbocycles. The highest BCUT2D eigenvalue weighted by Crippen LogP contribution is 2.15. The topological polar surface area (TPSA) is 26.3 Å². The maximum atomic E-state index is 11.6. The van der Waals surface area contributed by atoms with E-state index in [-0.39, 0.29) is 12.1 Å². The molecular formula is C13H26O2. The first-order valence-electron chi connectivity index (χ1n) is 6.37. The Balaban J connectivity index is 3.88. The highest BCUT2D eigenvalue weighted by atomic mass is 16.5. The van der Waals surface area contributed by atoms with Gasteiger partial charge >= 0.3 is 5.97 Å². The molecule has 0 aromatic rings. The number of esters is 1. The number of ether oxygens (including phenoxy) is 1. The average Bonchev–Trinajstić information content (AvgIpc) is 2.25. The number of hydrogen-bond acceptors (Lipinski definition) is 2. The van der Waals surface area contributed by atoms with Gasteiger partial charge in [-0.25, -0.2) is 0 Å². The molecule has 0 aliphatic heterocycles. The van der Waals surface area contributed by atoms with Crippen molar-refractivity contribution in [3.63, 3.8) is 0 Å². The highest BCUT2D eigenvalue weighted by Gasteiger charge is 2.15. The van der Waals surface area contributed by atoms with E-state index in [1.165, 1.54) is 0 Å². The third-order valence-electron chi connectivity index (χ3n) is 2.97. The van der Waals surface area contributed by atoms with Crippen molar-refractivity contribution in [2.75, 3.05) is 0 Å². The van der Waals surface area contributed by atoms with Crippen LogP contribution in [0.4, 0.5) is 0 Å². The van der Waals surface area contributed by atoms with Crippen LogP contribution in [0.25, 0.3) is 0 Å². The SMILES string of the molecule is CCC[C@@H](CC)OC(=O)CC(CC)CC. The maximum absolute atomic E-state index is 11.6. The average molecular weight is 214 g/mol. The quantitative estimate of drug-likeness (QED) is 0.572. The van der Waals surface area contributed by atoms with Crippen LogP contribution in [0, 0.1) is 5.92 Å². The summed E-state index contributed by atoms with van der Waals surface area (Å²) < 4.78 is 5.44. The Morgan fingerprint density at radius 1 is 1.07 bits per heavy atom. The van der Waals surface area contributed by atoms with Crippen LogP contribution >= 0.6 is 0 Å². The fourth-order valence-electron chi connectivity index (χ4n) is 1.72. The second-order valence-electron chi connectivity index (χ2n) is 4.20. The maximum Gasteiger partial charge on any atom is 0.306 e. The second kappa shape index (κ2) is 8.75. The smallest absolute Gasteiger partial charge is 0.306 e. The van der Waals surface area contributed by atoms with Crippen molar-refractivity contribution < 1.29 is 9.53 Å². The summed E-state index contributed by atoms with van der Waals surface area (Å²) in [5.41, 5.74) is 0. The molecule has 0 heterocycles. The summed E-state index contributed by atoms with van der Waals surface area (Å²) in [6.45, 7) is 8.46. The van der Waals surface area contributed by atoms with Crippen LogP contribution < -0.4 is 0 Å². The van der Waals surface area contributed by atoms with E-state index in [2.05, 4.69) is 27.7 Å². The lowest BCUT2D eigenvalue weighted by molar-refractivity contribution is -0.150. The van der Waals surface area contributed by atoms with Gasteiger partial charge in [-0.15, -0.1) is 0 Å². The van der Waals surface area contributed by atoms with Crippen LogP contribution in [-0.4, -0.2) is 12.1 Å². The summed E-state index contributed by atoms with van der Waals surface area (Å²) in [6, 6.07) is 0. The molecule has 0 bridgehead atoms. The molecule has 0 saturated heterocycles. The molecule has 90 valence electrons. The van der Waals surface area contributed by atoms with E-state index >= 15 is 0 Å². The molecule has 0 rings (SSSR count). The number of carbonyl (C=O) groups is 1. The molecule has 2 heteroatoms. The Bertz CT molecular complexity index is 162. The normalized spacial score (nSPS) is 12.9. The molecule has 1 atom stereocenters. The standard InChI is InChI=1S/C13H26O2/c1-5-9-12(8-4)15-13(14)10-11(6-2)7-3/h11-12H,5-10H2,1-4H3/t12-/m1/s1. The van der Waals surface area contributed by atoms with Crippen molar-refractivity contribution in [2.24, 2.45) is 5.92 Å². The molecule has 0 aromatic carbocycles. The predicted octanol–water partition coefficient (Wildman–Crippen LogP) is 3.93. The van der Waals surface area contributed by atoms with Crippen LogP contribution in [0.15, 0.2) is 0 Å². The van der Waals surface area contributed by atoms with Gasteiger partial charge in [-0.2, -0.15) is 0 Å². The summed E-state index contributed by atoms with van der Waals surface area (Å²) in [4.78, 5) is 11.6.